The Balaban J connectivity index is 1.78. The summed E-state index contributed by atoms with van der Waals surface area (Å²) in [5.74, 6) is -0.906. The predicted molar refractivity (Wildman–Crippen MR) is 76.7 cm³/mol. The lowest BCUT2D eigenvalue weighted by molar-refractivity contribution is -0.123. The van der Waals surface area contributed by atoms with Crippen LogP contribution in [0.2, 0.25) is 0 Å². The Labute approximate surface area is 119 Å². The van der Waals surface area contributed by atoms with Crippen LogP contribution in [0.4, 0.5) is 4.39 Å². The van der Waals surface area contributed by atoms with Crippen LogP contribution in [0.25, 0.3) is 0 Å². The molecular weight excluding hydrogens is 279 g/mol. The Morgan fingerprint density at radius 2 is 2.20 bits per heavy atom. The first-order valence-corrected chi connectivity index (χ1v) is 6.72. The Kier molecular flexibility index (Phi) is 4.84. The fourth-order valence-electron chi connectivity index (χ4n) is 1.43. The molecule has 6 heteroatoms. The average Bonchev–Trinajstić information content (AvgIpc) is 2.83. The Hall–Kier alpha value is -2.21. The highest BCUT2D eigenvalue weighted by Gasteiger charge is 2.05. The summed E-state index contributed by atoms with van der Waals surface area (Å²) in [5, 5.41) is 3.80. The second-order valence-electron chi connectivity index (χ2n) is 3.96. The summed E-state index contributed by atoms with van der Waals surface area (Å²) in [4.78, 5) is 13.6. The number of hydrogen-bond donors (Lipinski definition) is 1. The van der Waals surface area contributed by atoms with Crippen molar-refractivity contribution in [2.45, 2.75) is 6.92 Å². The molecule has 0 spiro atoms. The number of carbonyl (C=O) groups is 1. The lowest BCUT2D eigenvalue weighted by atomic mass is 10.3. The van der Waals surface area contributed by atoms with Gasteiger partial charge in [0.2, 0.25) is 0 Å². The molecule has 0 aliphatic heterocycles. The van der Waals surface area contributed by atoms with Crippen molar-refractivity contribution in [3.8, 4) is 5.75 Å². The molecule has 0 atom stereocenters. The summed E-state index contributed by atoms with van der Waals surface area (Å²) in [6, 6.07) is 9.79. The lowest BCUT2D eigenvalue weighted by Gasteiger charge is -2.05. The van der Waals surface area contributed by atoms with Crippen LogP contribution in [-0.2, 0) is 4.79 Å². The summed E-state index contributed by atoms with van der Waals surface area (Å²) in [6.07, 6.45) is 1.55. The molecule has 0 unspecified atom stereocenters. The molecule has 0 bridgehead atoms. The first kappa shape index (κ1) is 14.2. The second kappa shape index (κ2) is 6.81. The van der Waals surface area contributed by atoms with Gasteiger partial charge in [-0.25, -0.2) is 9.82 Å². The van der Waals surface area contributed by atoms with Crippen LogP contribution >= 0.6 is 11.3 Å². The Bertz CT molecular complexity index is 625. The summed E-state index contributed by atoms with van der Waals surface area (Å²) in [6.45, 7) is 1.70. The number of hydrogen-bond acceptors (Lipinski definition) is 4. The van der Waals surface area contributed by atoms with Gasteiger partial charge in [0.15, 0.2) is 18.2 Å². The molecule has 1 amide bonds. The number of benzene rings is 1. The molecule has 4 nitrogen and oxygen atoms in total. The molecule has 104 valence electrons. The van der Waals surface area contributed by atoms with Gasteiger partial charge in [-0.15, -0.1) is 11.3 Å². The van der Waals surface area contributed by atoms with E-state index in [1.165, 1.54) is 17.0 Å². The molecule has 1 aromatic carbocycles. The number of nitrogens with one attached hydrogen (secondary N) is 1. The van der Waals surface area contributed by atoms with Crippen LogP contribution in [0.1, 0.15) is 9.75 Å². The number of hydrazone groups is 1. The third-order valence-corrected chi connectivity index (χ3v) is 3.27. The topological polar surface area (TPSA) is 50.7 Å². The molecule has 0 radical (unpaired) electrons. The summed E-state index contributed by atoms with van der Waals surface area (Å²) in [5.41, 5.74) is 2.32. The molecule has 1 N–H and O–H groups in total. The average molecular weight is 292 g/mol. The van der Waals surface area contributed by atoms with Gasteiger partial charge in [0.25, 0.3) is 5.91 Å². The van der Waals surface area contributed by atoms with Crippen molar-refractivity contribution in [3.05, 3.63) is 52.0 Å². The lowest BCUT2D eigenvalue weighted by Crippen LogP contribution is -2.24. The number of amides is 1. The van der Waals surface area contributed by atoms with E-state index >= 15 is 0 Å². The summed E-state index contributed by atoms with van der Waals surface area (Å²) in [7, 11) is 0. The number of carbonyl (C=O) groups excluding carboxylic acids is 1. The molecule has 2 aromatic rings. The smallest absolute Gasteiger partial charge is 0.277 e. The monoisotopic (exact) mass is 292 g/mol. The van der Waals surface area contributed by atoms with Crippen LogP contribution in [0, 0.1) is 12.7 Å². The molecule has 0 aliphatic carbocycles. The zero-order valence-electron chi connectivity index (χ0n) is 10.8. The first-order valence-electron chi connectivity index (χ1n) is 5.91. The molecule has 1 heterocycles. The maximum Gasteiger partial charge on any atom is 0.277 e. The van der Waals surface area contributed by atoms with Crippen LogP contribution in [0.5, 0.6) is 5.75 Å². The highest BCUT2D eigenvalue weighted by atomic mass is 32.1. The van der Waals surface area contributed by atoms with E-state index in [-0.39, 0.29) is 12.4 Å². The van der Waals surface area contributed by atoms with Gasteiger partial charge in [0.1, 0.15) is 0 Å². The zero-order chi connectivity index (χ0) is 14.4. The second-order valence-corrected chi connectivity index (χ2v) is 5.28. The summed E-state index contributed by atoms with van der Waals surface area (Å²) < 4.78 is 18.3. The predicted octanol–water partition coefficient (Wildman–Crippen LogP) is 2.72. The number of rotatable bonds is 5. The van der Waals surface area contributed by atoms with Gasteiger partial charge in [-0.1, -0.05) is 12.1 Å². The van der Waals surface area contributed by atoms with Gasteiger partial charge in [-0.2, -0.15) is 5.10 Å². The molecular formula is C14H13FN2O2S. The van der Waals surface area contributed by atoms with E-state index in [0.29, 0.717) is 0 Å². The van der Waals surface area contributed by atoms with Gasteiger partial charge >= 0.3 is 0 Å². The number of thiophene rings is 1. The van der Waals surface area contributed by atoms with Gasteiger partial charge in [0.05, 0.1) is 6.21 Å². The SMILES string of the molecule is Cc1ccc(/C=N\NC(=O)COc2ccccc2F)s1. The largest absolute Gasteiger partial charge is 0.481 e. The zero-order valence-corrected chi connectivity index (χ0v) is 11.6. The van der Waals surface area contributed by atoms with E-state index in [9.17, 15) is 9.18 Å². The third-order valence-electron chi connectivity index (χ3n) is 2.34. The fourth-order valence-corrected chi connectivity index (χ4v) is 2.18. The normalized spacial score (nSPS) is 10.7. The van der Waals surface area contributed by atoms with Gasteiger partial charge < -0.3 is 4.74 Å². The van der Waals surface area contributed by atoms with Crippen molar-refractivity contribution >= 4 is 23.5 Å². The summed E-state index contributed by atoms with van der Waals surface area (Å²) >= 11 is 1.57. The van der Waals surface area contributed by atoms with Gasteiger partial charge in [-0.05, 0) is 31.2 Å². The highest BCUT2D eigenvalue weighted by molar-refractivity contribution is 7.13. The fraction of sp³-hybridized carbons (Fsp3) is 0.143. The van der Waals surface area contributed by atoms with Crippen molar-refractivity contribution in [2.24, 2.45) is 5.10 Å². The molecule has 20 heavy (non-hydrogen) atoms. The maximum atomic E-state index is 13.2. The van der Waals surface area contributed by atoms with Crippen molar-refractivity contribution in [3.63, 3.8) is 0 Å². The van der Waals surface area contributed by atoms with E-state index in [2.05, 4.69) is 10.5 Å². The van der Waals surface area contributed by atoms with E-state index in [0.717, 1.165) is 4.88 Å². The molecule has 0 aliphatic rings. The Morgan fingerprint density at radius 3 is 2.90 bits per heavy atom. The van der Waals surface area contributed by atoms with E-state index in [1.54, 1.807) is 29.7 Å². The number of aryl methyl sites for hydroxylation is 1. The van der Waals surface area contributed by atoms with E-state index in [1.807, 2.05) is 19.1 Å². The van der Waals surface area contributed by atoms with Gasteiger partial charge in [0, 0.05) is 9.75 Å². The quantitative estimate of drug-likeness (QED) is 0.680. The number of ether oxygens (including phenoxy) is 1. The number of nitrogens with zero attached hydrogens (tertiary/aromatic N) is 1. The van der Waals surface area contributed by atoms with Crippen molar-refractivity contribution in [1.82, 2.24) is 5.43 Å². The van der Waals surface area contributed by atoms with Crippen molar-refractivity contribution in [2.75, 3.05) is 6.61 Å². The molecule has 1 aromatic heterocycles. The standard InChI is InChI=1S/C14H13FN2O2S/c1-10-6-7-11(20-10)8-16-17-14(18)9-19-13-5-3-2-4-12(13)15/h2-8H,9H2,1H3,(H,17,18)/b16-8-. The van der Waals surface area contributed by atoms with Crippen LogP contribution in [-0.4, -0.2) is 18.7 Å². The molecule has 0 fully saturated rings. The van der Waals surface area contributed by atoms with E-state index in [4.69, 9.17) is 4.74 Å². The van der Waals surface area contributed by atoms with E-state index < -0.39 is 11.7 Å². The minimum atomic E-state index is -0.502. The number of halogens is 1. The molecule has 0 saturated carbocycles. The molecule has 0 saturated heterocycles. The minimum Gasteiger partial charge on any atom is -0.481 e. The minimum absolute atomic E-state index is 0.0421. The van der Waals surface area contributed by atoms with Crippen molar-refractivity contribution in [1.29, 1.82) is 0 Å². The molecule has 2 rings (SSSR count). The van der Waals surface area contributed by atoms with Crippen molar-refractivity contribution < 1.29 is 13.9 Å². The maximum absolute atomic E-state index is 13.2. The Morgan fingerprint density at radius 1 is 1.40 bits per heavy atom. The number of para-hydroxylation sites is 1. The van der Waals surface area contributed by atoms with Crippen LogP contribution in [0.15, 0.2) is 41.5 Å². The van der Waals surface area contributed by atoms with Crippen LogP contribution in [0.3, 0.4) is 0 Å². The highest BCUT2D eigenvalue weighted by Crippen LogP contribution is 2.15. The van der Waals surface area contributed by atoms with Gasteiger partial charge in [-0.3, -0.25) is 4.79 Å². The van der Waals surface area contributed by atoms with Crippen LogP contribution < -0.4 is 10.2 Å². The first-order chi connectivity index (χ1) is 9.65. The third kappa shape index (κ3) is 4.17.